The molecule has 0 saturated heterocycles. The summed E-state index contributed by atoms with van der Waals surface area (Å²) >= 11 is 0. The third kappa shape index (κ3) is 7.75. The van der Waals surface area contributed by atoms with Gasteiger partial charge in [0, 0.05) is 51.1 Å². The zero-order valence-corrected chi connectivity index (χ0v) is 37.3. The fourth-order valence-corrected chi connectivity index (χ4v) is 9.24. The monoisotopic (exact) mass is 827 g/mol. The molecule has 1 heterocycles. The van der Waals surface area contributed by atoms with Gasteiger partial charge in [0.25, 0.3) is 0 Å². The number of hydrogen-bond acceptors (Lipinski definition) is 3. The Bertz CT molecular complexity index is 3000. The Labute approximate surface area is 379 Å². The Hall–Kier alpha value is -7.62. The first kappa shape index (κ1) is 40.5. The van der Waals surface area contributed by atoms with Crippen LogP contribution in [0.5, 0.6) is 0 Å². The first-order valence-corrected chi connectivity index (χ1v) is 22.3. The van der Waals surface area contributed by atoms with Crippen LogP contribution in [0.3, 0.4) is 0 Å². The third-order valence-corrected chi connectivity index (χ3v) is 12.7. The maximum atomic E-state index is 2.46. The maximum Gasteiger partial charge on any atom is 0.0667 e. The fraction of sp³-hybridized carbons (Fsp3) is 0.115. The molecule has 0 amide bonds. The van der Waals surface area contributed by atoms with E-state index in [-0.39, 0.29) is 11.0 Å². The highest BCUT2D eigenvalue weighted by Crippen LogP contribution is 2.53. The second-order valence-electron chi connectivity index (χ2n) is 18.3. The second-order valence-corrected chi connectivity index (χ2v) is 18.3. The Morgan fingerprint density at radius 3 is 1.17 bits per heavy atom. The fourth-order valence-electron chi connectivity index (χ4n) is 9.24. The van der Waals surface area contributed by atoms with Gasteiger partial charge in [-0.05, 0) is 155 Å². The minimum Gasteiger partial charge on any atom is -0.331 e. The van der Waals surface area contributed by atoms with Gasteiger partial charge in [-0.25, -0.2) is 0 Å². The lowest BCUT2D eigenvalue weighted by Gasteiger charge is -2.52. The predicted molar refractivity (Wildman–Crippen MR) is 272 cm³/mol. The van der Waals surface area contributed by atoms with Gasteiger partial charge in [0.15, 0.2) is 0 Å². The molecule has 0 atom stereocenters. The van der Waals surface area contributed by atoms with Gasteiger partial charge in [0.1, 0.15) is 0 Å². The molecule has 64 heavy (non-hydrogen) atoms. The Kier molecular flexibility index (Phi) is 10.5. The van der Waals surface area contributed by atoms with Crippen molar-refractivity contribution in [3.8, 4) is 33.4 Å². The number of fused-ring (bicyclic) bond motifs is 1. The van der Waals surface area contributed by atoms with Crippen molar-refractivity contribution in [2.24, 2.45) is 0 Å². The van der Waals surface area contributed by atoms with Gasteiger partial charge in [-0.2, -0.15) is 0 Å². The van der Waals surface area contributed by atoms with Crippen molar-refractivity contribution in [2.45, 2.75) is 45.6 Å². The van der Waals surface area contributed by atoms with E-state index >= 15 is 0 Å². The molecule has 0 aromatic heterocycles. The zero-order valence-electron chi connectivity index (χ0n) is 37.3. The molecule has 312 valence electrons. The van der Waals surface area contributed by atoms with Crippen LogP contribution in [0.1, 0.15) is 45.7 Å². The molecular formula is C61H53N3. The molecular weight excluding hydrogens is 775 g/mol. The SMILES string of the molecule is CC(C)(C)c1cccc(N(c2ccc(-c3ccccc3)cc2)c2ccc(N(c3ccc(-c4ccccc4)cc3)c3ccc(N4c5ccc(-c6ccccc6)cc5C4(C)C)cc3)cc2)c1. The molecule has 9 aromatic rings. The lowest BCUT2D eigenvalue weighted by molar-refractivity contribution is 0.485. The van der Waals surface area contributed by atoms with Crippen LogP contribution < -0.4 is 14.7 Å². The van der Waals surface area contributed by atoms with E-state index in [1.165, 1.54) is 55.9 Å². The largest absolute Gasteiger partial charge is 0.331 e. The van der Waals surface area contributed by atoms with E-state index in [1.54, 1.807) is 0 Å². The highest BCUT2D eigenvalue weighted by molar-refractivity contribution is 5.86. The van der Waals surface area contributed by atoms with Crippen LogP contribution in [0.4, 0.5) is 45.5 Å². The quantitative estimate of drug-likeness (QED) is 0.136. The van der Waals surface area contributed by atoms with Crippen molar-refractivity contribution in [3.05, 3.63) is 242 Å². The van der Waals surface area contributed by atoms with Gasteiger partial charge >= 0.3 is 0 Å². The van der Waals surface area contributed by atoms with Gasteiger partial charge in [0.05, 0.1) is 5.54 Å². The number of rotatable bonds is 10. The normalized spacial score (nSPS) is 12.9. The van der Waals surface area contributed by atoms with E-state index in [9.17, 15) is 0 Å². The second kappa shape index (κ2) is 16.6. The van der Waals surface area contributed by atoms with Crippen molar-refractivity contribution in [1.29, 1.82) is 0 Å². The number of nitrogens with zero attached hydrogens (tertiary/aromatic N) is 3. The minimum atomic E-state index is -0.148. The molecule has 9 aromatic carbocycles. The van der Waals surface area contributed by atoms with Crippen molar-refractivity contribution < 1.29 is 0 Å². The van der Waals surface area contributed by atoms with Crippen molar-refractivity contribution in [3.63, 3.8) is 0 Å². The zero-order chi connectivity index (χ0) is 43.8. The standard InChI is InChI=1S/C61H53N3/c1-60(2,3)50-22-15-23-57(43-50)63(52-31-26-48(27-32-52)45-18-11-7-12-19-45)55-35-33-53(34-36-55)62(51-29-24-47(25-30-51)44-16-9-6-10-17-44)54-37-39-56(40-38-54)64-59-41-28-49(42-58(59)61(64,4)5)46-20-13-8-14-21-46/h6-43H,1-5H3. The topological polar surface area (TPSA) is 9.72 Å². The van der Waals surface area contributed by atoms with Crippen LogP contribution in [-0.4, -0.2) is 0 Å². The molecule has 0 radical (unpaired) electrons. The lowest BCUT2D eigenvalue weighted by Crippen LogP contribution is -2.47. The number of anilines is 8. The average Bonchev–Trinajstić information content (AvgIpc) is 3.34. The summed E-state index contributed by atoms with van der Waals surface area (Å²) in [6, 6.07) is 83.7. The van der Waals surface area contributed by atoms with Crippen molar-refractivity contribution in [2.75, 3.05) is 14.7 Å². The lowest BCUT2D eigenvalue weighted by atomic mass is 9.79. The van der Waals surface area contributed by atoms with E-state index < -0.39 is 0 Å². The van der Waals surface area contributed by atoms with Gasteiger partial charge in [-0.3, -0.25) is 0 Å². The first-order valence-electron chi connectivity index (χ1n) is 22.3. The van der Waals surface area contributed by atoms with Crippen LogP contribution in [-0.2, 0) is 11.0 Å². The van der Waals surface area contributed by atoms with Gasteiger partial charge in [-0.1, -0.05) is 154 Å². The minimum absolute atomic E-state index is 0.00942. The Morgan fingerprint density at radius 2 is 0.719 bits per heavy atom. The molecule has 0 unspecified atom stereocenters. The summed E-state index contributed by atoms with van der Waals surface area (Å²) in [7, 11) is 0. The summed E-state index contributed by atoms with van der Waals surface area (Å²) < 4.78 is 0. The molecule has 0 saturated carbocycles. The van der Waals surface area contributed by atoms with E-state index in [1.807, 2.05) is 0 Å². The molecule has 3 nitrogen and oxygen atoms in total. The highest BCUT2D eigenvalue weighted by atomic mass is 15.3. The summed E-state index contributed by atoms with van der Waals surface area (Å²) in [5, 5.41) is 0. The molecule has 0 N–H and O–H groups in total. The highest BCUT2D eigenvalue weighted by Gasteiger charge is 2.43. The number of hydrogen-bond donors (Lipinski definition) is 0. The van der Waals surface area contributed by atoms with Gasteiger partial charge < -0.3 is 14.7 Å². The van der Waals surface area contributed by atoms with Crippen LogP contribution >= 0.6 is 0 Å². The summed E-state index contributed by atoms with van der Waals surface area (Å²) in [5.41, 5.74) is 18.8. The molecule has 0 spiro atoms. The smallest absolute Gasteiger partial charge is 0.0667 e. The van der Waals surface area contributed by atoms with E-state index in [0.29, 0.717) is 0 Å². The summed E-state index contributed by atoms with van der Waals surface area (Å²) in [6.45, 7) is 11.5. The van der Waals surface area contributed by atoms with Crippen LogP contribution in [0.25, 0.3) is 33.4 Å². The Morgan fingerprint density at radius 1 is 0.344 bits per heavy atom. The molecule has 1 aliphatic rings. The molecule has 0 fully saturated rings. The van der Waals surface area contributed by atoms with Gasteiger partial charge in [0.2, 0.25) is 0 Å². The van der Waals surface area contributed by atoms with E-state index in [4.69, 9.17) is 0 Å². The predicted octanol–water partition coefficient (Wildman–Crippen LogP) is 17.3. The number of benzene rings is 9. The summed E-state index contributed by atoms with van der Waals surface area (Å²) in [5.74, 6) is 0. The van der Waals surface area contributed by atoms with Crippen LogP contribution in [0.2, 0.25) is 0 Å². The molecule has 10 rings (SSSR count). The molecule has 1 aliphatic heterocycles. The maximum absolute atomic E-state index is 2.46. The van der Waals surface area contributed by atoms with Crippen LogP contribution in [0.15, 0.2) is 231 Å². The summed E-state index contributed by atoms with van der Waals surface area (Å²) in [4.78, 5) is 7.20. The summed E-state index contributed by atoms with van der Waals surface area (Å²) in [6.07, 6.45) is 0. The Balaban J connectivity index is 1.02. The van der Waals surface area contributed by atoms with Gasteiger partial charge in [-0.15, -0.1) is 0 Å². The molecule has 0 bridgehead atoms. The average molecular weight is 828 g/mol. The van der Waals surface area contributed by atoms with Crippen LogP contribution in [0, 0.1) is 0 Å². The van der Waals surface area contributed by atoms with E-state index in [0.717, 1.165) is 34.1 Å². The molecule has 3 heteroatoms. The first-order chi connectivity index (χ1) is 31.1. The molecule has 0 aliphatic carbocycles. The van der Waals surface area contributed by atoms with E-state index in [2.05, 4.69) is 280 Å². The third-order valence-electron chi connectivity index (χ3n) is 12.7. The van der Waals surface area contributed by atoms with Crippen molar-refractivity contribution in [1.82, 2.24) is 0 Å². The van der Waals surface area contributed by atoms with Crippen molar-refractivity contribution >= 4 is 45.5 Å².